The van der Waals surface area contributed by atoms with E-state index in [1.807, 2.05) is 36.4 Å². The normalized spacial score (nSPS) is 13.1. The number of hydrogen-bond acceptors (Lipinski definition) is 4. The van der Waals surface area contributed by atoms with E-state index in [4.69, 9.17) is 14.2 Å². The Morgan fingerprint density at radius 2 is 1.83 bits per heavy atom. The second kappa shape index (κ2) is 7.05. The summed E-state index contributed by atoms with van der Waals surface area (Å²) in [6.07, 6.45) is 1.16. The molecule has 0 saturated carbocycles. The smallest absolute Gasteiger partial charge is 0.228 e. The van der Waals surface area contributed by atoms with E-state index >= 15 is 0 Å². The van der Waals surface area contributed by atoms with Gasteiger partial charge in [-0.1, -0.05) is 12.1 Å². The average molecular weight is 313 g/mol. The van der Waals surface area contributed by atoms with E-state index < -0.39 is 0 Å². The standard InChI is InChI=1S/C18H19NO4/c1-21-15-6-3-13(4-7-15)11-18(20)19-14-5-8-16-17(12-14)23-10-2-9-22-16/h3-8,12H,2,9-11H2,1H3,(H,19,20). The summed E-state index contributed by atoms with van der Waals surface area (Å²) in [5.74, 6) is 2.09. The van der Waals surface area contributed by atoms with E-state index in [9.17, 15) is 4.79 Å². The number of anilines is 1. The Labute approximate surface area is 135 Å². The van der Waals surface area contributed by atoms with Gasteiger partial charge in [-0.3, -0.25) is 4.79 Å². The van der Waals surface area contributed by atoms with Gasteiger partial charge in [-0.25, -0.2) is 0 Å². The number of hydrogen-bond donors (Lipinski definition) is 1. The Kier molecular flexibility index (Phi) is 4.66. The van der Waals surface area contributed by atoms with E-state index in [2.05, 4.69) is 5.32 Å². The van der Waals surface area contributed by atoms with Crippen LogP contribution in [-0.4, -0.2) is 26.2 Å². The number of nitrogens with one attached hydrogen (secondary N) is 1. The molecule has 0 aromatic heterocycles. The van der Waals surface area contributed by atoms with Gasteiger partial charge in [-0.15, -0.1) is 0 Å². The van der Waals surface area contributed by atoms with Gasteiger partial charge in [0.05, 0.1) is 26.7 Å². The number of carbonyl (C=O) groups excluding carboxylic acids is 1. The van der Waals surface area contributed by atoms with Crippen molar-refractivity contribution in [2.75, 3.05) is 25.6 Å². The summed E-state index contributed by atoms with van der Waals surface area (Å²) < 4.78 is 16.3. The van der Waals surface area contributed by atoms with Crippen molar-refractivity contribution in [3.05, 3.63) is 48.0 Å². The highest BCUT2D eigenvalue weighted by Crippen LogP contribution is 2.32. The van der Waals surface area contributed by atoms with Gasteiger partial charge in [0.15, 0.2) is 11.5 Å². The Balaban J connectivity index is 1.64. The predicted molar refractivity (Wildman–Crippen MR) is 87.4 cm³/mol. The number of carbonyl (C=O) groups is 1. The van der Waals surface area contributed by atoms with Gasteiger partial charge in [-0.05, 0) is 29.8 Å². The van der Waals surface area contributed by atoms with Crippen molar-refractivity contribution in [1.29, 1.82) is 0 Å². The van der Waals surface area contributed by atoms with E-state index in [-0.39, 0.29) is 5.91 Å². The maximum atomic E-state index is 12.2. The molecule has 120 valence electrons. The van der Waals surface area contributed by atoms with E-state index in [1.54, 1.807) is 13.2 Å². The first kappa shape index (κ1) is 15.2. The molecule has 0 atom stereocenters. The lowest BCUT2D eigenvalue weighted by Gasteiger charge is -2.10. The summed E-state index contributed by atoms with van der Waals surface area (Å²) in [6, 6.07) is 12.9. The molecule has 0 bridgehead atoms. The van der Waals surface area contributed by atoms with Crippen molar-refractivity contribution in [3.63, 3.8) is 0 Å². The molecule has 1 aliphatic rings. The lowest BCUT2D eigenvalue weighted by atomic mass is 10.1. The molecule has 0 radical (unpaired) electrons. The molecule has 0 spiro atoms. The van der Waals surface area contributed by atoms with Crippen molar-refractivity contribution in [3.8, 4) is 17.2 Å². The van der Waals surface area contributed by atoms with Crippen LogP contribution in [0.1, 0.15) is 12.0 Å². The Morgan fingerprint density at radius 3 is 2.57 bits per heavy atom. The van der Waals surface area contributed by atoms with Crippen LogP contribution in [0.5, 0.6) is 17.2 Å². The van der Waals surface area contributed by atoms with Crippen molar-refractivity contribution in [1.82, 2.24) is 0 Å². The van der Waals surface area contributed by atoms with Gasteiger partial charge in [0, 0.05) is 18.2 Å². The van der Waals surface area contributed by atoms with Crippen LogP contribution < -0.4 is 19.5 Å². The number of methoxy groups -OCH3 is 1. The minimum absolute atomic E-state index is 0.0790. The zero-order valence-corrected chi connectivity index (χ0v) is 13.0. The van der Waals surface area contributed by atoms with Crippen LogP contribution in [0.25, 0.3) is 0 Å². The van der Waals surface area contributed by atoms with E-state index in [0.29, 0.717) is 31.1 Å². The minimum Gasteiger partial charge on any atom is -0.497 e. The third kappa shape index (κ3) is 3.94. The van der Waals surface area contributed by atoms with Gasteiger partial charge in [-0.2, -0.15) is 0 Å². The largest absolute Gasteiger partial charge is 0.497 e. The molecule has 1 amide bonds. The van der Waals surface area contributed by atoms with Crippen LogP contribution in [0.15, 0.2) is 42.5 Å². The van der Waals surface area contributed by atoms with Gasteiger partial charge >= 0.3 is 0 Å². The summed E-state index contributed by atoms with van der Waals surface area (Å²) in [7, 11) is 1.62. The monoisotopic (exact) mass is 313 g/mol. The molecule has 3 rings (SSSR count). The summed E-state index contributed by atoms with van der Waals surface area (Å²) in [6.45, 7) is 1.27. The van der Waals surface area contributed by atoms with Gasteiger partial charge in [0.1, 0.15) is 5.75 Å². The quantitative estimate of drug-likeness (QED) is 0.942. The highest BCUT2D eigenvalue weighted by atomic mass is 16.5. The third-order valence-electron chi connectivity index (χ3n) is 3.56. The Morgan fingerprint density at radius 1 is 1.09 bits per heavy atom. The van der Waals surface area contributed by atoms with Gasteiger partial charge < -0.3 is 19.5 Å². The number of benzene rings is 2. The molecule has 0 saturated heterocycles. The highest BCUT2D eigenvalue weighted by molar-refractivity contribution is 5.92. The van der Waals surface area contributed by atoms with Crippen LogP contribution in [0.4, 0.5) is 5.69 Å². The van der Waals surface area contributed by atoms with Crippen LogP contribution >= 0.6 is 0 Å². The number of rotatable bonds is 4. The average Bonchev–Trinajstić information content (AvgIpc) is 2.80. The second-order valence-electron chi connectivity index (χ2n) is 5.29. The minimum atomic E-state index is -0.0790. The fraction of sp³-hybridized carbons (Fsp3) is 0.278. The summed E-state index contributed by atoms with van der Waals surface area (Å²) >= 11 is 0. The van der Waals surface area contributed by atoms with Crippen molar-refractivity contribution in [2.45, 2.75) is 12.8 Å². The zero-order chi connectivity index (χ0) is 16.1. The molecule has 1 heterocycles. The van der Waals surface area contributed by atoms with Gasteiger partial charge in [0.2, 0.25) is 5.91 Å². The number of fused-ring (bicyclic) bond motifs is 1. The van der Waals surface area contributed by atoms with E-state index in [0.717, 1.165) is 23.5 Å². The zero-order valence-electron chi connectivity index (χ0n) is 13.0. The van der Waals surface area contributed by atoms with Crippen molar-refractivity contribution < 1.29 is 19.0 Å². The molecule has 1 aliphatic heterocycles. The first-order valence-electron chi connectivity index (χ1n) is 7.57. The molecule has 0 unspecified atom stereocenters. The fourth-order valence-electron chi connectivity index (χ4n) is 2.38. The molecule has 23 heavy (non-hydrogen) atoms. The fourth-order valence-corrected chi connectivity index (χ4v) is 2.38. The molecule has 0 aliphatic carbocycles. The molecule has 5 heteroatoms. The molecular weight excluding hydrogens is 294 g/mol. The first-order chi connectivity index (χ1) is 11.2. The second-order valence-corrected chi connectivity index (χ2v) is 5.29. The highest BCUT2D eigenvalue weighted by Gasteiger charge is 2.12. The lowest BCUT2D eigenvalue weighted by molar-refractivity contribution is -0.115. The van der Waals surface area contributed by atoms with Crippen LogP contribution in [0.2, 0.25) is 0 Å². The predicted octanol–water partition coefficient (Wildman–Crippen LogP) is 3.04. The lowest BCUT2D eigenvalue weighted by Crippen LogP contribution is -2.14. The maximum Gasteiger partial charge on any atom is 0.228 e. The van der Waals surface area contributed by atoms with E-state index in [1.165, 1.54) is 0 Å². The summed E-state index contributed by atoms with van der Waals surface area (Å²) in [5, 5.41) is 2.88. The van der Waals surface area contributed by atoms with Crippen LogP contribution in [0.3, 0.4) is 0 Å². The van der Waals surface area contributed by atoms with Crippen molar-refractivity contribution in [2.24, 2.45) is 0 Å². The molecule has 0 fully saturated rings. The molecule has 5 nitrogen and oxygen atoms in total. The molecule has 2 aromatic rings. The van der Waals surface area contributed by atoms with Gasteiger partial charge in [0.25, 0.3) is 0 Å². The summed E-state index contributed by atoms with van der Waals surface area (Å²) in [4.78, 5) is 12.2. The molecule has 2 aromatic carbocycles. The van der Waals surface area contributed by atoms with Crippen LogP contribution in [0, 0.1) is 0 Å². The number of ether oxygens (including phenoxy) is 3. The number of amides is 1. The SMILES string of the molecule is COc1ccc(CC(=O)Nc2ccc3c(c2)OCCCO3)cc1. The Bertz CT molecular complexity index is 682. The summed E-state index contributed by atoms with van der Waals surface area (Å²) in [5.41, 5.74) is 1.63. The third-order valence-corrected chi connectivity index (χ3v) is 3.56. The first-order valence-corrected chi connectivity index (χ1v) is 7.57. The maximum absolute atomic E-state index is 12.2. The Hall–Kier alpha value is -2.69. The topological polar surface area (TPSA) is 56.8 Å². The van der Waals surface area contributed by atoms with Crippen LogP contribution in [-0.2, 0) is 11.2 Å². The molecular formula is C18H19NO4. The van der Waals surface area contributed by atoms with Crippen molar-refractivity contribution >= 4 is 11.6 Å². The molecule has 1 N–H and O–H groups in total.